The monoisotopic (exact) mass is 597 g/mol. The minimum absolute atomic E-state index is 0.0234. The first kappa shape index (κ1) is 30.7. The van der Waals surface area contributed by atoms with Crippen molar-refractivity contribution in [1.29, 1.82) is 0 Å². The highest BCUT2D eigenvalue weighted by atomic mass is 16.8. The number of amides is 1. The molecule has 1 aromatic heterocycles. The van der Waals surface area contributed by atoms with Gasteiger partial charge in [0.25, 0.3) is 0 Å². The quantitative estimate of drug-likeness (QED) is 0.266. The normalized spacial score (nSPS) is 15.7. The average molecular weight is 598 g/mol. The first-order chi connectivity index (χ1) is 20.6. The lowest BCUT2D eigenvalue weighted by Gasteiger charge is -2.14. The van der Waals surface area contributed by atoms with E-state index in [9.17, 15) is 24.0 Å². The second kappa shape index (κ2) is 14.6. The lowest BCUT2D eigenvalue weighted by atomic mass is 10.2. The van der Waals surface area contributed by atoms with Crippen LogP contribution in [0.1, 0.15) is 31.2 Å². The van der Waals surface area contributed by atoms with Gasteiger partial charge in [0.1, 0.15) is 37.1 Å². The van der Waals surface area contributed by atoms with E-state index in [0.29, 0.717) is 22.6 Å². The number of esters is 2. The van der Waals surface area contributed by atoms with Gasteiger partial charge in [-0.25, -0.2) is 14.4 Å². The third-order valence-corrected chi connectivity index (χ3v) is 5.54. The SMILES string of the molecule is CC(=O)Oc1ccc(COC(=O)Nc2ccn([C@@H]3CO[C@H](COC(=O)OCc4ccc(OC(C)=O)cc4)O3)c(=O)n2)cc1. The van der Waals surface area contributed by atoms with E-state index in [2.05, 4.69) is 10.3 Å². The van der Waals surface area contributed by atoms with Crippen LogP contribution in [-0.4, -0.2) is 53.2 Å². The maximum atomic E-state index is 12.5. The molecule has 1 fully saturated rings. The van der Waals surface area contributed by atoms with E-state index in [1.165, 1.54) is 26.1 Å². The molecule has 1 aliphatic heterocycles. The Morgan fingerprint density at radius 3 is 2.00 bits per heavy atom. The van der Waals surface area contributed by atoms with E-state index in [4.69, 9.17) is 33.2 Å². The van der Waals surface area contributed by atoms with E-state index in [1.807, 2.05) is 0 Å². The van der Waals surface area contributed by atoms with Crippen LogP contribution >= 0.6 is 0 Å². The number of rotatable bonds is 10. The fourth-order valence-corrected chi connectivity index (χ4v) is 3.63. The fourth-order valence-electron chi connectivity index (χ4n) is 3.63. The first-order valence-corrected chi connectivity index (χ1v) is 12.8. The van der Waals surface area contributed by atoms with Gasteiger partial charge in [-0.2, -0.15) is 4.98 Å². The Morgan fingerprint density at radius 1 is 0.860 bits per heavy atom. The summed E-state index contributed by atoms with van der Waals surface area (Å²) in [5.41, 5.74) is 0.562. The summed E-state index contributed by atoms with van der Waals surface area (Å²) in [4.78, 5) is 62.3. The Bertz CT molecular complexity index is 1500. The molecule has 3 aromatic rings. The molecule has 1 aliphatic rings. The highest BCUT2D eigenvalue weighted by molar-refractivity contribution is 5.83. The Hall–Kier alpha value is -5.28. The van der Waals surface area contributed by atoms with Crippen molar-refractivity contribution in [3.63, 3.8) is 0 Å². The molecule has 15 heteroatoms. The molecule has 226 valence electrons. The molecule has 0 unspecified atom stereocenters. The summed E-state index contributed by atoms with van der Waals surface area (Å²) in [5.74, 6) is -0.209. The van der Waals surface area contributed by atoms with Gasteiger partial charge >= 0.3 is 29.9 Å². The van der Waals surface area contributed by atoms with Gasteiger partial charge in [0.2, 0.25) is 0 Å². The standard InChI is InChI=1S/C28H27N3O12/c1-17(32)41-21-7-3-19(4-8-21)13-38-27(35)30-23-11-12-31(26(34)29-23)24-15-37-25(43-24)16-40-28(36)39-14-20-5-9-22(10-6-20)42-18(2)33/h3-12,24-25H,13-16H2,1-2H3,(H,29,30,34,35)/t24-,25-/m0/s1. The number of hydrogen-bond donors (Lipinski definition) is 1. The third kappa shape index (κ3) is 9.65. The van der Waals surface area contributed by atoms with Crippen molar-refractivity contribution in [2.75, 3.05) is 18.5 Å². The lowest BCUT2D eigenvalue weighted by molar-refractivity contribution is -0.132. The summed E-state index contributed by atoms with van der Waals surface area (Å²) < 4.78 is 37.2. The summed E-state index contributed by atoms with van der Waals surface area (Å²) in [5, 5.41) is 2.37. The zero-order valence-electron chi connectivity index (χ0n) is 23.1. The summed E-state index contributed by atoms with van der Waals surface area (Å²) >= 11 is 0. The van der Waals surface area contributed by atoms with Gasteiger partial charge in [0.15, 0.2) is 12.5 Å². The number of carbonyl (C=O) groups is 4. The minimum Gasteiger partial charge on any atom is -0.444 e. The van der Waals surface area contributed by atoms with Crippen molar-refractivity contribution >= 4 is 30.0 Å². The summed E-state index contributed by atoms with van der Waals surface area (Å²) in [7, 11) is 0. The predicted molar refractivity (Wildman–Crippen MR) is 144 cm³/mol. The number of carbonyl (C=O) groups excluding carboxylic acids is 4. The highest BCUT2D eigenvalue weighted by Crippen LogP contribution is 2.20. The van der Waals surface area contributed by atoms with Crippen molar-refractivity contribution in [2.24, 2.45) is 0 Å². The van der Waals surface area contributed by atoms with Crippen LogP contribution in [0.4, 0.5) is 15.4 Å². The van der Waals surface area contributed by atoms with Gasteiger partial charge in [0, 0.05) is 20.0 Å². The Kier molecular flexibility index (Phi) is 10.4. The van der Waals surface area contributed by atoms with Crippen molar-refractivity contribution < 1.29 is 52.3 Å². The molecule has 2 heterocycles. The van der Waals surface area contributed by atoms with Crippen molar-refractivity contribution in [2.45, 2.75) is 39.6 Å². The molecule has 1 saturated heterocycles. The first-order valence-electron chi connectivity index (χ1n) is 12.8. The maximum absolute atomic E-state index is 12.5. The van der Waals surface area contributed by atoms with Crippen LogP contribution in [0.5, 0.6) is 11.5 Å². The topological polar surface area (TPSA) is 180 Å². The minimum atomic E-state index is -0.958. The maximum Gasteiger partial charge on any atom is 0.508 e. The molecule has 1 amide bonds. The molecule has 0 aliphatic carbocycles. The van der Waals surface area contributed by atoms with E-state index in [0.717, 1.165) is 4.57 Å². The lowest BCUT2D eigenvalue weighted by Crippen LogP contribution is -2.29. The van der Waals surface area contributed by atoms with Crippen LogP contribution < -0.4 is 20.5 Å². The molecule has 0 spiro atoms. The van der Waals surface area contributed by atoms with Gasteiger partial charge in [-0.15, -0.1) is 0 Å². The van der Waals surface area contributed by atoms with E-state index < -0.39 is 42.4 Å². The highest BCUT2D eigenvalue weighted by Gasteiger charge is 2.29. The summed E-state index contributed by atoms with van der Waals surface area (Å²) in [6.07, 6.45) is -2.24. The van der Waals surface area contributed by atoms with Crippen LogP contribution in [0.2, 0.25) is 0 Å². The third-order valence-electron chi connectivity index (χ3n) is 5.54. The number of benzene rings is 2. The zero-order valence-corrected chi connectivity index (χ0v) is 23.1. The van der Waals surface area contributed by atoms with Crippen LogP contribution in [0, 0.1) is 0 Å². The van der Waals surface area contributed by atoms with Gasteiger partial charge in [-0.3, -0.25) is 19.5 Å². The Labute approximate surface area is 244 Å². The smallest absolute Gasteiger partial charge is 0.444 e. The number of nitrogens with zero attached hydrogens (tertiary/aromatic N) is 2. The zero-order chi connectivity index (χ0) is 30.8. The molecular formula is C28H27N3O12. The van der Waals surface area contributed by atoms with Crippen LogP contribution in [-0.2, 0) is 46.5 Å². The molecule has 2 aromatic carbocycles. The van der Waals surface area contributed by atoms with Crippen LogP contribution in [0.25, 0.3) is 0 Å². The average Bonchev–Trinajstić information content (AvgIpc) is 3.43. The fraction of sp³-hybridized carbons (Fsp3) is 0.286. The van der Waals surface area contributed by atoms with Crippen molar-refractivity contribution in [3.05, 3.63) is 82.4 Å². The van der Waals surface area contributed by atoms with Gasteiger partial charge < -0.3 is 33.2 Å². The van der Waals surface area contributed by atoms with Gasteiger partial charge in [-0.05, 0) is 41.5 Å². The Balaban J connectivity index is 1.17. The second-order valence-corrected chi connectivity index (χ2v) is 8.88. The second-order valence-electron chi connectivity index (χ2n) is 8.88. The number of aromatic nitrogens is 2. The van der Waals surface area contributed by atoms with Gasteiger partial charge in [-0.1, -0.05) is 24.3 Å². The molecular weight excluding hydrogens is 570 g/mol. The van der Waals surface area contributed by atoms with E-state index in [1.54, 1.807) is 48.5 Å². The van der Waals surface area contributed by atoms with Crippen LogP contribution in [0.15, 0.2) is 65.6 Å². The Morgan fingerprint density at radius 2 is 1.44 bits per heavy atom. The molecule has 43 heavy (non-hydrogen) atoms. The van der Waals surface area contributed by atoms with E-state index in [-0.39, 0.29) is 32.2 Å². The number of nitrogens with one attached hydrogen (secondary N) is 1. The molecule has 0 radical (unpaired) electrons. The molecule has 1 N–H and O–H groups in total. The number of ether oxygens (including phenoxy) is 7. The van der Waals surface area contributed by atoms with E-state index >= 15 is 0 Å². The van der Waals surface area contributed by atoms with Gasteiger partial charge in [0.05, 0.1) is 6.61 Å². The molecule has 0 saturated carbocycles. The predicted octanol–water partition coefficient (Wildman–Crippen LogP) is 3.07. The molecule has 15 nitrogen and oxygen atoms in total. The molecule has 0 bridgehead atoms. The molecule has 2 atom stereocenters. The summed E-state index contributed by atoms with van der Waals surface area (Å²) in [6, 6.07) is 14.1. The number of anilines is 1. The van der Waals surface area contributed by atoms with Crippen molar-refractivity contribution in [3.8, 4) is 11.5 Å². The largest absolute Gasteiger partial charge is 0.508 e. The summed E-state index contributed by atoms with van der Waals surface area (Å²) in [6.45, 7) is 2.12. The molecule has 4 rings (SSSR count). The van der Waals surface area contributed by atoms with Crippen molar-refractivity contribution in [1.82, 2.24) is 9.55 Å². The number of hydrogen-bond acceptors (Lipinski definition) is 13. The van der Waals surface area contributed by atoms with Crippen LogP contribution in [0.3, 0.4) is 0 Å².